The second kappa shape index (κ2) is 6.20. The molecule has 1 aliphatic heterocycles. The SMILES string of the molecule is C[C@@H](O)CNC(=O)c1ccc(N2Cc3ccccc3C2)cc1. The number of aliphatic hydroxyl groups excluding tert-OH is 1. The Labute approximate surface area is 130 Å². The first-order valence-electron chi connectivity index (χ1n) is 7.51. The Kier molecular flexibility index (Phi) is 4.11. The second-order valence-electron chi connectivity index (χ2n) is 5.73. The molecule has 114 valence electrons. The van der Waals surface area contributed by atoms with Crippen molar-refractivity contribution >= 4 is 11.6 Å². The third-order valence-electron chi connectivity index (χ3n) is 3.89. The Hall–Kier alpha value is -2.33. The van der Waals surface area contributed by atoms with Crippen LogP contribution >= 0.6 is 0 Å². The summed E-state index contributed by atoms with van der Waals surface area (Å²) >= 11 is 0. The van der Waals surface area contributed by atoms with Crippen LogP contribution in [-0.2, 0) is 13.1 Å². The van der Waals surface area contributed by atoms with Crippen LogP contribution in [0, 0.1) is 0 Å². The number of hydrogen-bond donors (Lipinski definition) is 2. The molecular weight excluding hydrogens is 276 g/mol. The maximum Gasteiger partial charge on any atom is 0.251 e. The van der Waals surface area contributed by atoms with Gasteiger partial charge in [-0.15, -0.1) is 0 Å². The highest BCUT2D eigenvalue weighted by atomic mass is 16.3. The number of carbonyl (C=O) groups is 1. The van der Waals surface area contributed by atoms with Crippen molar-refractivity contribution in [2.24, 2.45) is 0 Å². The van der Waals surface area contributed by atoms with Gasteiger partial charge in [-0.2, -0.15) is 0 Å². The second-order valence-corrected chi connectivity index (χ2v) is 5.73. The average molecular weight is 296 g/mol. The van der Waals surface area contributed by atoms with E-state index in [2.05, 4.69) is 34.5 Å². The Balaban J connectivity index is 1.67. The molecule has 0 radical (unpaired) electrons. The van der Waals surface area contributed by atoms with E-state index in [1.54, 1.807) is 6.92 Å². The molecule has 4 heteroatoms. The molecule has 0 saturated heterocycles. The van der Waals surface area contributed by atoms with Crippen molar-refractivity contribution in [1.82, 2.24) is 5.32 Å². The van der Waals surface area contributed by atoms with E-state index in [1.165, 1.54) is 11.1 Å². The fourth-order valence-corrected chi connectivity index (χ4v) is 2.68. The van der Waals surface area contributed by atoms with Crippen LogP contribution < -0.4 is 10.2 Å². The number of rotatable bonds is 4. The molecule has 2 N–H and O–H groups in total. The minimum Gasteiger partial charge on any atom is -0.392 e. The predicted molar refractivity (Wildman–Crippen MR) is 86.8 cm³/mol. The molecule has 4 nitrogen and oxygen atoms in total. The van der Waals surface area contributed by atoms with Crippen LogP contribution in [-0.4, -0.2) is 23.7 Å². The Morgan fingerprint density at radius 2 is 1.73 bits per heavy atom. The van der Waals surface area contributed by atoms with Gasteiger partial charge in [0.1, 0.15) is 0 Å². The van der Waals surface area contributed by atoms with Crippen molar-refractivity contribution in [3.05, 3.63) is 65.2 Å². The van der Waals surface area contributed by atoms with Gasteiger partial charge >= 0.3 is 0 Å². The third kappa shape index (κ3) is 3.12. The summed E-state index contributed by atoms with van der Waals surface area (Å²) in [5, 5.41) is 11.9. The van der Waals surface area contributed by atoms with Gasteiger partial charge in [0, 0.05) is 30.9 Å². The zero-order valence-corrected chi connectivity index (χ0v) is 12.6. The molecule has 0 bridgehead atoms. The first-order valence-corrected chi connectivity index (χ1v) is 7.51. The summed E-state index contributed by atoms with van der Waals surface area (Å²) in [6.07, 6.45) is -0.536. The summed E-state index contributed by atoms with van der Waals surface area (Å²) in [6, 6.07) is 16.1. The van der Waals surface area contributed by atoms with Crippen molar-refractivity contribution in [2.45, 2.75) is 26.1 Å². The first-order chi connectivity index (χ1) is 10.6. The molecule has 1 amide bonds. The lowest BCUT2D eigenvalue weighted by Crippen LogP contribution is -2.30. The maximum atomic E-state index is 11.9. The molecule has 0 spiro atoms. The highest BCUT2D eigenvalue weighted by molar-refractivity contribution is 5.94. The van der Waals surface area contributed by atoms with Gasteiger partial charge in [-0.05, 0) is 42.3 Å². The van der Waals surface area contributed by atoms with Crippen molar-refractivity contribution in [1.29, 1.82) is 0 Å². The molecule has 1 atom stereocenters. The molecule has 0 saturated carbocycles. The zero-order valence-electron chi connectivity index (χ0n) is 12.6. The normalized spacial score (nSPS) is 14.5. The highest BCUT2D eigenvalue weighted by Gasteiger charge is 2.18. The molecule has 22 heavy (non-hydrogen) atoms. The first kappa shape index (κ1) is 14.6. The van der Waals surface area contributed by atoms with Crippen molar-refractivity contribution in [3.63, 3.8) is 0 Å². The predicted octanol–water partition coefficient (Wildman–Crippen LogP) is 2.32. The third-order valence-corrected chi connectivity index (χ3v) is 3.89. The smallest absolute Gasteiger partial charge is 0.251 e. The van der Waals surface area contributed by atoms with E-state index >= 15 is 0 Å². The summed E-state index contributed by atoms with van der Waals surface area (Å²) in [6.45, 7) is 3.73. The van der Waals surface area contributed by atoms with E-state index in [-0.39, 0.29) is 12.5 Å². The fourth-order valence-electron chi connectivity index (χ4n) is 2.68. The molecule has 1 heterocycles. The number of anilines is 1. The number of amides is 1. The van der Waals surface area contributed by atoms with Gasteiger partial charge in [0.2, 0.25) is 0 Å². The number of benzene rings is 2. The highest BCUT2D eigenvalue weighted by Crippen LogP contribution is 2.28. The quantitative estimate of drug-likeness (QED) is 0.910. The lowest BCUT2D eigenvalue weighted by Gasteiger charge is -2.18. The maximum absolute atomic E-state index is 11.9. The standard InChI is InChI=1S/C18H20N2O2/c1-13(21)10-19-18(22)14-6-8-17(9-7-14)20-11-15-4-2-3-5-16(15)12-20/h2-9,13,21H,10-12H2,1H3,(H,19,22)/t13-/m1/s1. The van der Waals surface area contributed by atoms with Gasteiger partial charge in [0.05, 0.1) is 6.10 Å². The van der Waals surface area contributed by atoms with Crippen LogP contribution in [0.4, 0.5) is 5.69 Å². The number of nitrogens with zero attached hydrogens (tertiary/aromatic N) is 1. The van der Waals surface area contributed by atoms with Crippen molar-refractivity contribution < 1.29 is 9.90 Å². The van der Waals surface area contributed by atoms with Crippen LogP contribution in [0.2, 0.25) is 0 Å². The van der Waals surface area contributed by atoms with Crippen LogP contribution in [0.1, 0.15) is 28.4 Å². The van der Waals surface area contributed by atoms with Crippen LogP contribution in [0.25, 0.3) is 0 Å². The molecule has 2 aromatic carbocycles. The Morgan fingerprint density at radius 1 is 1.14 bits per heavy atom. The Bertz CT molecular complexity index is 640. The minimum atomic E-state index is -0.536. The van der Waals surface area contributed by atoms with Gasteiger partial charge in [0.15, 0.2) is 0 Å². The molecule has 1 aliphatic rings. The van der Waals surface area contributed by atoms with E-state index in [9.17, 15) is 9.90 Å². The topological polar surface area (TPSA) is 52.6 Å². The summed E-state index contributed by atoms with van der Waals surface area (Å²) in [5.41, 5.74) is 4.45. The number of hydrogen-bond acceptors (Lipinski definition) is 3. The van der Waals surface area contributed by atoms with E-state index in [0.717, 1.165) is 18.8 Å². The van der Waals surface area contributed by atoms with Gasteiger partial charge in [-0.1, -0.05) is 24.3 Å². The number of carbonyl (C=O) groups excluding carboxylic acids is 1. The van der Waals surface area contributed by atoms with Crippen LogP contribution in [0.15, 0.2) is 48.5 Å². The molecule has 0 unspecified atom stereocenters. The van der Waals surface area contributed by atoms with Crippen LogP contribution in [0.3, 0.4) is 0 Å². The van der Waals surface area contributed by atoms with E-state index < -0.39 is 6.10 Å². The zero-order chi connectivity index (χ0) is 15.5. The number of nitrogens with one attached hydrogen (secondary N) is 1. The average Bonchev–Trinajstić information content (AvgIpc) is 2.96. The molecule has 3 rings (SSSR count). The van der Waals surface area contributed by atoms with Crippen LogP contribution in [0.5, 0.6) is 0 Å². The minimum absolute atomic E-state index is 0.155. The number of aliphatic hydroxyl groups is 1. The summed E-state index contributed by atoms with van der Waals surface area (Å²) < 4.78 is 0. The summed E-state index contributed by atoms with van der Waals surface area (Å²) in [4.78, 5) is 14.2. The monoisotopic (exact) mass is 296 g/mol. The summed E-state index contributed by atoms with van der Waals surface area (Å²) in [7, 11) is 0. The van der Waals surface area contributed by atoms with Gasteiger partial charge in [-0.25, -0.2) is 0 Å². The molecule has 0 fully saturated rings. The molecule has 0 aliphatic carbocycles. The van der Waals surface area contributed by atoms with Crippen molar-refractivity contribution in [3.8, 4) is 0 Å². The summed E-state index contributed by atoms with van der Waals surface area (Å²) in [5.74, 6) is -0.155. The van der Waals surface area contributed by atoms with Gasteiger partial charge in [0.25, 0.3) is 5.91 Å². The lowest BCUT2D eigenvalue weighted by molar-refractivity contribution is 0.0924. The Morgan fingerprint density at radius 3 is 2.27 bits per heavy atom. The van der Waals surface area contributed by atoms with Gasteiger partial charge < -0.3 is 15.3 Å². The van der Waals surface area contributed by atoms with Gasteiger partial charge in [-0.3, -0.25) is 4.79 Å². The molecular formula is C18H20N2O2. The largest absolute Gasteiger partial charge is 0.392 e. The van der Waals surface area contributed by atoms with E-state index in [4.69, 9.17) is 0 Å². The van der Waals surface area contributed by atoms with E-state index in [1.807, 2.05) is 24.3 Å². The molecule has 0 aromatic heterocycles. The lowest BCUT2D eigenvalue weighted by atomic mass is 10.1. The van der Waals surface area contributed by atoms with E-state index in [0.29, 0.717) is 5.56 Å². The fraction of sp³-hybridized carbons (Fsp3) is 0.278. The van der Waals surface area contributed by atoms with Crippen molar-refractivity contribution in [2.75, 3.05) is 11.4 Å². The molecule has 2 aromatic rings. The number of fused-ring (bicyclic) bond motifs is 1.